The first-order valence-corrected chi connectivity index (χ1v) is 5.64. The molecule has 0 bridgehead atoms. The summed E-state index contributed by atoms with van der Waals surface area (Å²) in [7, 11) is 0. The smallest absolute Gasteiger partial charge is 0.325 e. The van der Waals surface area contributed by atoms with Gasteiger partial charge in [-0.3, -0.25) is 9.79 Å². The van der Waals surface area contributed by atoms with Crippen LogP contribution in [-0.4, -0.2) is 23.3 Å². The van der Waals surface area contributed by atoms with Crippen molar-refractivity contribution in [1.29, 1.82) is 0 Å². The van der Waals surface area contributed by atoms with Crippen molar-refractivity contribution in [2.75, 3.05) is 6.54 Å². The van der Waals surface area contributed by atoms with Gasteiger partial charge in [0.25, 0.3) is 0 Å². The quantitative estimate of drug-likeness (QED) is 0.646. The summed E-state index contributed by atoms with van der Waals surface area (Å²) in [4.78, 5) is 14.8. The first-order valence-electron chi connectivity index (χ1n) is 5.64. The maximum Gasteiger partial charge on any atom is 0.325 e. The van der Waals surface area contributed by atoms with Crippen molar-refractivity contribution in [3.63, 3.8) is 0 Å². The molecule has 19 heavy (non-hydrogen) atoms. The Labute approximate surface area is 105 Å². The molecule has 0 fully saturated rings. The van der Waals surface area contributed by atoms with Crippen molar-refractivity contribution in [3.05, 3.63) is 71.8 Å². The van der Waals surface area contributed by atoms with Gasteiger partial charge in [0.1, 0.15) is 6.54 Å². The van der Waals surface area contributed by atoms with E-state index in [9.17, 15) is 4.79 Å². The molecule has 1 N–H and O–H groups in total. The van der Waals surface area contributed by atoms with Crippen LogP contribution in [0.25, 0.3) is 0 Å². The topological polar surface area (TPSA) is 49.7 Å². The monoisotopic (exact) mass is 510 g/mol. The third-order valence-electron chi connectivity index (χ3n) is 2.47. The summed E-state index contributed by atoms with van der Waals surface area (Å²) in [6.07, 6.45) is 0. The Morgan fingerprint density at radius 1 is 0.895 bits per heavy atom. The third-order valence-corrected chi connectivity index (χ3v) is 2.47. The second kappa shape index (κ2) is 6.35. The first-order chi connectivity index (χ1) is 8.77. The zero-order valence-electron chi connectivity index (χ0n) is 10.5. The fraction of sp³-hybridized carbons (Fsp3) is 0.0667. The average Bonchev–Trinajstić information content (AvgIpc) is 2.41. The van der Waals surface area contributed by atoms with Crippen LogP contribution in [0.1, 0.15) is 11.1 Å². The van der Waals surface area contributed by atoms with Crippen LogP contribution in [0.2, 0.25) is 0 Å². The molecule has 0 amide bonds. The van der Waals surface area contributed by atoms with Gasteiger partial charge in [-0.15, -0.1) is 0 Å². The van der Waals surface area contributed by atoms with Gasteiger partial charge in [0.05, 0.1) is 5.71 Å². The number of rotatable bonds is 4. The molecule has 2 aromatic rings. The number of carboxylic acids is 1. The zero-order valence-corrected chi connectivity index (χ0v) is 17.0. The maximum absolute atomic E-state index is 10.7. The standard InChI is InChI=1S/C15H13NO2.Sg/c17-14(18)11-16-15(12-7-3-1-4-8-12)13-9-5-2-6-10-13;/h1-10H,11H2,(H,17,18);. The van der Waals surface area contributed by atoms with E-state index < -0.39 is 5.97 Å². The Balaban J connectivity index is 0.00000180. The first kappa shape index (κ1) is 13.6. The molecule has 0 heterocycles. The van der Waals surface area contributed by atoms with Crippen LogP contribution in [0.15, 0.2) is 65.7 Å². The van der Waals surface area contributed by atoms with Crippen molar-refractivity contribution in [1.82, 2.24) is 0 Å². The molecule has 92 valence electrons. The molecule has 0 spiro atoms. The van der Waals surface area contributed by atoms with Crippen molar-refractivity contribution in [2.24, 2.45) is 4.99 Å². The van der Waals surface area contributed by atoms with Crippen LogP contribution in [0.3, 0.4) is 0 Å². The SMILES string of the molecule is O=C(O)CN=C(c1ccccc1)c1ccccc1.[Sg]. The van der Waals surface area contributed by atoms with E-state index in [0.717, 1.165) is 11.1 Å². The number of carboxylic acid groups (broad SMARTS) is 1. The molecule has 0 radical (unpaired) electrons. The summed E-state index contributed by atoms with van der Waals surface area (Å²) in [5.41, 5.74) is 2.55. The fourth-order valence-electron chi connectivity index (χ4n) is 1.69. The van der Waals surface area contributed by atoms with E-state index in [1.807, 2.05) is 60.7 Å². The van der Waals surface area contributed by atoms with Crippen molar-refractivity contribution < 1.29 is 9.90 Å². The van der Waals surface area contributed by atoms with Crippen molar-refractivity contribution in [3.8, 4) is 0 Å². The molecule has 0 unspecified atom stereocenters. The van der Waals surface area contributed by atoms with Gasteiger partial charge in [0, 0.05) is 11.1 Å². The fourth-order valence-corrected chi connectivity index (χ4v) is 1.69. The summed E-state index contributed by atoms with van der Waals surface area (Å²) in [6, 6.07) is 19.2. The van der Waals surface area contributed by atoms with E-state index in [0.29, 0.717) is 5.71 Å². The molecule has 0 aliphatic heterocycles. The summed E-state index contributed by atoms with van der Waals surface area (Å²) < 4.78 is 0. The molecular formula is C15H13NO2Sg. The summed E-state index contributed by atoms with van der Waals surface area (Å²) in [5, 5.41) is 8.75. The molecule has 2 aromatic carbocycles. The normalized spacial score (nSPS) is 9.26. The predicted octanol–water partition coefficient (Wildman–Crippen LogP) is 2.61. The van der Waals surface area contributed by atoms with E-state index in [1.165, 1.54) is 0 Å². The average molecular weight is 508 g/mol. The van der Waals surface area contributed by atoms with Gasteiger partial charge >= 0.3 is 5.97 Å². The van der Waals surface area contributed by atoms with E-state index in [1.54, 1.807) is 0 Å². The zero-order chi connectivity index (χ0) is 12.8. The van der Waals surface area contributed by atoms with Gasteiger partial charge in [-0.05, 0) is 0 Å². The largest absolute Gasteiger partial charge is 0.480 e. The molecule has 0 aromatic heterocycles. The Kier molecular flexibility index (Phi) is 4.56. The van der Waals surface area contributed by atoms with E-state index in [2.05, 4.69) is 4.99 Å². The summed E-state index contributed by atoms with van der Waals surface area (Å²) in [6.45, 7) is -0.223. The van der Waals surface area contributed by atoms with Gasteiger partial charge < -0.3 is 5.11 Å². The Morgan fingerprint density at radius 2 is 1.32 bits per heavy atom. The van der Waals surface area contributed by atoms with E-state index in [-0.39, 0.29) is 6.54 Å². The second-order valence-electron chi connectivity index (χ2n) is 3.79. The molecule has 0 atom stereocenters. The number of benzene rings is 2. The third kappa shape index (κ3) is 3.53. The van der Waals surface area contributed by atoms with Crippen LogP contribution in [0.4, 0.5) is 0 Å². The Morgan fingerprint density at radius 3 is 1.68 bits per heavy atom. The van der Waals surface area contributed by atoms with Crippen molar-refractivity contribution >= 4 is 11.7 Å². The maximum atomic E-state index is 10.7. The Hall–Kier alpha value is -3.42. The molecule has 2 rings (SSSR count). The van der Waals surface area contributed by atoms with Gasteiger partial charge in [0.2, 0.25) is 0 Å². The van der Waals surface area contributed by atoms with Crippen LogP contribution in [0.5, 0.6) is 0 Å². The molecule has 0 aliphatic rings. The molecule has 0 saturated carbocycles. The molecule has 3 nitrogen and oxygen atoms in total. The molecule has 0 aliphatic carbocycles. The van der Waals surface area contributed by atoms with Crippen LogP contribution in [-0.2, 0) is 4.79 Å². The molecule has 0 saturated heterocycles. The number of aliphatic carboxylic acids is 1. The Bertz CT molecular complexity index is 511. The minimum Gasteiger partial charge on any atom is -0.480 e. The number of aliphatic imine (C=N–C) groups is 1. The van der Waals surface area contributed by atoms with Crippen LogP contribution >= 0.6 is 0 Å². The second-order valence-corrected chi connectivity index (χ2v) is 3.79. The minimum atomic E-state index is -0.931. The van der Waals surface area contributed by atoms with E-state index in [4.69, 9.17) is 5.11 Å². The van der Waals surface area contributed by atoms with Gasteiger partial charge in [0.15, 0.2) is 0 Å². The molecular weight excluding hydrogens is 495 g/mol. The summed E-state index contributed by atoms with van der Waals surface area (Å²) >= 11 is 0. The number of carbonyl (C=O) groups is 1. The summed E-state index contributed by atoms with van der Waals surface area (Å²) in [5.74, 6) is -0.931. The van der Waals surface area contributed by atoms with Gasteiger partial charge in [-0.2, -0.15) is 0 Å². The number of nitrogens with zero attached hydrogens (tertiary/aromatic N) is 1. The van der Waals surface area contributed by atoms with Crippen molar-refractivity contribution in [2.45, 2.75) is 0 Å². The van der Waals surface area contributed by atoms with Gasteiger partial charge in [-0.1, -0.05) is 60.7 Å². The number of hydrogen-bond acceptors (Lipinski definition) is 2. The van der Waals surface area contributed by atoms with Gasteiger partial charge in [-0.25, -0.2) is 0 Å². The van der Waals surface area contributed by atoms with E-state index >= 15 is 0 Å². The minimum absolute atomic E-state index is 0. The van der Waals surface area contributed by atoms with Crippen LogP contribution in [0, 0.1) is 0 Å². The van der Waals surface area contributed by atoms with Crippen LogP contribution < -0.4 is 0 Å². The molecule has 4 heteroatoms. The predicted molar refractivity (Wildman–Crippen MR) is 71.0 cm³/mol. The number of hydrogen-bond donors (Lipinski definition) is 1.